The summed E-state index contributed by atoms with van der Waals surface area (Å²) in [5.74, 6) is 0.470. The van der Waals surface area contributed by atoms with Gasteiger partial charge in [0.25, 0.3) is 0 Å². The van der Waals surface area contributed by atoms with Crippen molar-refractivity contribution in [3.05, 3.63) is 35.6 Å². The molecule has 0 saturated carbocycles. The Morgan fingerprint density at radius 1 is 1.33 bits per heavy atom. The van der Waals surface area contributed by atoms with Crippen LogP contribution in [0.3, 0.4) is 0 Å². The lowest BCUT2D eigenvalue weighted by atomic mass is 10.1. The molecule has 1 atom stereocenters. The summed E-state index contributed by atoms with van der Waals surface area (Å²) < 4.78 is 18.8. The maximum Gasteiger partial charge on any atom is 0.191 e. The first-order valence-corrected chi connectivity index (χ1v) is 7.70. The summed E-state index contributed by atoms with van der Waals surface area (Å²) in [5.41, 5.74) is 0.649. The highest BCUT2D eigenvalue weighted by molar-refractivity contribution is 14.0. The summed E-state index contributed by atoms with van der Waals surface area (Å²) in [7, 11) is 7.36. The van der Waals surface area contributed by atoms with Gasteiger partial charge >= 0.3 is 0 Å². The van der Waals surface area contributed by atoms with E-state index in [4.69, 9.17) is 4.74 Å². The monoisotopic (exact) mass is 452 g/mol. The highest BCUT2D eigenvalue weighted by Gasteiger charge is 2.18. The van der Waals surface area contributed by atoms with Crippen LogP contribution in [0.2, 0.25) is 0 Å². The third-order valence-corrected chi connectivity index (χ3v) is 3.78. The number of benzene rings is 1. The van der Waals surface area contributed by atoms with Crippen LogP contribution in [0.5, 0.6) is 0 Å². The standard InChI is InChI=1S/C17H29FN4O.HI/c1-17(2,23-6)12-21-16(19-3)20-11-15(22(4)5)13-8-7-9-14(18)10-13;/h7-10,15H,11-12H2,1-6H3,(H2,19,20,21);1H. The lowest BCUT2D eigenvalue weighted by Crippen LogP contribution is -2.47. The molecule has 138 valence electrons. The molecule has 0 amide bonds. The quantitative estimate of drug-likeness (QED) is 0.380. The van der Waals surface area contributed by atoms with E-state index < -0.39 is 0 Å². The Kier molecular flexibility index (Phi) is 10.4. The second-order valence-electron chi connectivity index (χ2n) is 6.30. The fraction of sp³-hybridized carbons (Fsp3) is 0.588. The summed E-state index contributed by atoms with van der Waals surface area (Å²) in [6.07, 6.45) is 0. The molecule has 1 aromatic carbocycles. The number of guanidine groups is 1. The molecule has 0 bridgehead atoms. The maximum absolute atomic E-state index is 13.5. The Bertz CT molecular complexity index is 523. The van der Waals surface area contributed by atoms with E-state index in [9.17, 15) is 4.39 Å². The second-order valence-corrected chi connectivity index (χ2v) is 6.30. The minimum absolute atomic E-state index is 0. The number of hydrogen-bond acceptors (Lipinski definition) is 3. The van der Waals surface area contributed by atoms with Crippen molar-refractivity contribution in [3.8, 4) is 0 Å². The molecule has 7 heteroatoms. The van der Waals surface area contributed by atoms with Crippen molar-refractivity contribution in [1.82, 2.24) is 15.5 Å². The van der Waals surface area contributed by atoms with E-state index in [-0.39, 0.29) is 41.4 Å². The second kappa shape index (κ2) is 10.8. The molecule has 0 aromatic heterocycles. The zero-order valence-corrected chi connectivity index (χ0v) is 17.7. The molecule has 0 aliphatic rings. The van der Waals surface area contributed by atoms with Crippen LogP contribution in [-0.2, 0) is 4.74 Å². The lowest BCUT2D eigenvalue weighted by Gasteiger charge is -2.28. The lowest BCUT2D eigenvalue weighted by molar-refractivity contribution is 0.0268. The van der Waals surface area contributed by atoms with Gasteiger partial charge in [-0.05, 0) is 45.6 Å². The predicted octanol–water partition coefficient (Wildman–Crippen LogP) is 2.64. The van der Waals surface area contributed by atoms with Gasteiger partial charge in [-0.3, -0.25) is 4.99 Å². The van der Waals surface area contributed by atoms with Gasteiger partial charge < -0.3 is 20.3 Å². The molecule has 1 rings (SSSR count). The molecule has 0 aliphatic carbocycles. The number of likely N-dealkylation sites (N-methyl/N-ethyl adjacent to an activating group) is 1. The van der Waals surface area contributed by atoms with Gasteiger partial charge in [0.05, 0.1) is 11.6 Å². The van der Waals surface area contributed by atoms with Crippen molar-refractivity contribution < 1.29 is 9.13 Å². The molecule has 0 fully saturated rings. The molecule has 5 nitrogen and oxygen atoms in total. The molecular weight excluding hydrogens is 422 g/mol. The van der Waals surface area contributed by atoms with Crippen molar-refractivity contribution in [2.75, 3.05) is 41.3 Å². The van der Waals surface area contributed by atoms with Gasteiger partial charge in [-0.1, -0.05) is 12.1 Å². The van der Waals surface area contributed by atoms with Gasteiger partial charge in [0.2, 0.25) is 0 Å². The third kappa shape index (κ3) is 7.76. The summed E-state index contributed by atoms with van der Waals surface area (Å²) in [5, 5.41) is 6.52. The van der Waals surface area contributed by atoms with Crippen LogP contribution in [0.15, 0.2) is 29.3 Å². The first-order chi connectivity index (χ1) is 10.8. The minimum Gasteiger partial charge on any atom is -0.377 e. The van der Waals surface area contributed by atoms with Crippen LogP contribution in [-0.4, -0.2) is 57.8 Å². The Labute approximate surface area is 162 Å². The van der Waals surface area contributed by atoms with Gasteiger partial charge in [-0.2, -0.15) is 0 Å². The van der Waals surface area contributed by atoms with E-state index in [1.54, 1.807) is 26.3 Å². The summed E-state index contributed by atoms with van der Waals surface area (Å²) in [4.78, 5) is 6.26. The summed E-state index contributed by atoms with van der Waals surface area (Å²) >= 11 is 0. The summed E-state index contributed by atoms with van der Waals surface area (Å²) in [6.45, 7) is 5.25. The number of nitrogens with zero attached hydrogens (tertiary/aromatic N) is 2. The van der Waals surface area contributed by atoms with E-state index in [1.165, 1.54) is 6.07 Å². The van der Waals surface area contributed by atoms with E-state index in [0.717, 1.165) is 5.56 Å². The zero-order valence-electron chi connectivity index (χ0n) is 15.4. The first kappa shape index (κ1) is 23.1. The Hall–Kier alpha value is -0.930. The average Bonchev–Trinajstić information content (AvgIpc) is 2.50. The molecule has 2 N–H and O–H groups in total. The van der Waals surface area contributed by atoms with Crippen LogP contribution in [0.1, 0.15) is 25.5 Å². The van der Waals surface area contributed by atoms with E-state index in [1.807, 2.05) is 38.9 Å². The number of halogens is 2. The average molecular weight is 452 g/mol. The highest BCUT2D eigenvalue weighted by Crippen LogP contribution is 2.18. The number of aliphatic imine (C=N–C) groups is 1. The largest absolute Gasteiger partial charge is 0.377 e. The van der Waals surface area contributed by atoms with Crippen molar-refractivity contribution >= 4 is 29.9 Å². The maximum atomic E-state index is 13.5. The van der Waals surface area contributed by atoms with Gasteiger partial charge in [-0.25, -0.2) is 4.39 Å². The number of hydrogen-bond donors (Lipinski definition) is 2. The molecule has 0 aliphatic heterocycles. The topological polar surface area (TPSA) is 48.9 Å². The number of nitrogens with one attached hydrogen (secondary N) is 2. The van der Waals surface area contributed by atoms with Crippen molar-refractivity contribution in [3.63, 3.8) is 0 Å². The van der Waals surface area contributed by atoms with E-state index in [0.29, 0.717) is 19.0 Å². The fourth-order valence-electron chi connectivity index (χ4n) is 2.10. The highest BCUT2D eigenvalue weighted by atomic mass is 127. The minimum atomic E-state index is -0.277. The van der Waals surface area contributed by atoms with Crippen LogP contribution in [0.4, 0.5) is 4.39 Å². The fourth-order valence-corrected chi connectivity index (χ4v) is 2.10. The normalized spacial score (nSPS) is 13.4. The van der Waals surface area contributed by atoms with Gasteiger partial charge in [0.1, 0.15) is 5.82 Å². The molecule has 0 spiro atoms. The number of ether oxygens (including phenoxy) is 1. The Morgan fingerprint density at radius 2 is 2.00 bits per heavy atom. The Morgan fingerprint density at radius 3 is 2.50 bits per heavy atom. The van der Waals surface area contributed by atoms with Crippen LogP contribution in [0, 0.1) is 5.82 Å². The third-order valence-electron chi connectivity index (χ3n) is 3.78. The van der Waals surface area contributed by atoms with E-state index in [2.05, 4.69) is 15.6 Å². The molecule has 0 radical (unpaired) electrons. The van der Waals surface area contributed by atoms with Crippen LogP contribution in [0.25, 0.3) is 0 Å². The zero-order chi connectivity index (χ0) is 17.5. The molecular formula is C17H30FIN4O. The predicted molar refractivity (Wildman–Crippen MR) is 109 cm³/mol. The van der Waals surface area contributed by atoms with Crippen LogP contribution >= 0.6 is 24.0 Å². The van der Waals surface area contributed by atoms with Crippen molar-refractivity contribution in [2.45, 2.75) is 25.5 Å². The van der Waals surface area contributed by atoms with Gasteiger partial charge in [0, 0.05) is 27.2 Å². The molecule has 0 saturated heterocycles. The van der Waals surface area contributed by atoms with Gasteiger partial charge in [-0.15, -0.1) is 24.0 Å². The molecule has 0 heterocycles. The molecule has 1 unspecified atom stereocenters. The van der Waals surface area contributed by atoms with Gasteiger partial charge in [0.15, 0.2) is 5.96 Å². The molecule has 1 aromatic rings. The number of rotatable bonds is 7. The first-order valence-electron chi connectivity index (χ1n) is 7.70. The van der Waals surface area contributed by atoms with E-state index >= 15 is 0 Å². The summed E-state index contributed by atoms with van der Waals surface area (Å²) in [6, 6.07) is 6.72. The smallest absolute Gasteiger partial charge is 0.191 e. The Balaban J connectivity index is 0.00000529. The van der Waals surface area contributed by atoms with Crippen molar-refractivity contribution in [2.24, 2.45) is 4.99 Å². The van der Waals surface area contributed by atoms with Crippen molar-refractivity contribution in [1.29, 1.82) is 0 Å². The number of methoxy groups -OCH3 is 1. The SMILES string of the molecule is CN=C(NCC(c1cccc(F)c1)N(C)C)NCC(C)(C)OC.I. The van der Waals surface area contributed by atoms with Crippen LogP contribution < -0.4 is 10.6 Å². The molecule has 24 heavy (non-hydrogen) atoms.